The summed E-state index contributed by atoms with van der Waals surface area (Å²) in [4.78, 5) is 24.6. The van der Waals surface area contributed by atoms with Gasteiger partial charge in [-0.25, -0.2) is 4.79 Å². The summed E-state index contributed by atoms with van der Waals surface area (Å²) in [6.45, 7) is 10.0. The molecule has 0 saturated carbocycles. The Morgan fingerprint density at radius 3 is 1.45 bits per heavy atom. The molecule has 0 aliphatic heterocycles. The lowest BCUT2D eigenvalue weighted by atomic mass is 9.74. The lowest BCUT2D eigenvalue weighted by Crippen LogP contribution is -2.57. The second-order valence-corrected chi connectivity index (χ2v) is 11.4. The van der Waals surface area contributed by atoms with Crippen molar-refractivity contribution in [1.29, 1.82) is 0 Å². The van der Waals surface area contributed by atoms with Gasteiger partial charge in [-0.05, 0) is 65.9 Å². The monoisotopic (exact) mass is 596 g/mol. The van der Waals surface area contributed by atoms with Gasteiger partial charge in [0.25, 0.3) is 0 Å². The Bertz CT molecular complexity index is 1020. The van der Waals surface area contributed by atoms with Crippen LogP contribution in [-0.2, 0) is 24.6 Å². The Labute approximate surface area is 226 Å². The molecule has 0 amide bonds. The molecule has 0 bridgehead atoms. The number of carbonyl (C=O) groups is 2. The number of halogens is 9. The number of benzene rings is 1. The molecular formula is C26H33F9O5. The summed E-state index contributed by atoms with van der Waals surface area (Å²) < 4.78 is 140. The van der Waals surface area contributed by atoms with Gasteiger partial charge in [0.1, 0.15) is 11.2 Å². The fourth-order valence-corrected chi connectivity index (χ4v) is 3.93. The molecule has 5 nitrogen and oxygen atoms in total. The molecule has 0 aliphatic rings. The van der Waals surface area contributed by atoms with Crippen molar-refractivity contribution in [1.82, 2.24) is 0 Å². The molecule has 1 aromatic rings. The predicted molar refractivity (Wildman–Crippen MR) is 125 cm³/mol. The number of alkyl halides is 9. The average molecular weight is 597 g/mol. The first kappa shape index (κ1) is 35.4. The first-order valence-electron chi connectivity index (χ1n) is 12.1. The quantitative estimate of drug-likeness (QED) is 0.233. The fraction of sp³-hybridized carbons (Fsp3) is 0.692. The maximum absolute atomic E-state index is 14.2. The van der Waals surface area contributed by atoms with E-state index in [-0.39, 0.29) is 5.56 Å². The van der Waals surface area contributed by atoms with Gasteiger partial charge in [0, 0.05) is 5.56 Å². The number of carbonyl (C=O) groups excluding carboxylic acids is 2. The molecule has 230 valence electrons. The van der Waals surface area contributed by atoms with Gasteiger partial charge >= 0.3 is 36.3 Å². The minimum atomic E-state index is -6.21. The largest absolute Gasteiger partial charge is 0.510 e. The third-order valence-electron chi connectivity index (χ3n) is 5.90. The maximum Gasteiger partial charge on any atom is 0.510 e. The van der Waals surface area contributed by atoms with Crippen LogP contribution in [0.3, 0.4) is 0 Å². The van der Waals surface area contributed by atoms with Crippen molar-refractivity contribution in [3.8, 4) is 0 Å². The van der Waals surface area contributed by atoms with E-state index in [9.17, 15) is 49.1 Å². The highest BCUT2D eigenvalue weighted by Gasteiger charge is 2.76. The highest BCUT2D eigenvalue weighted by Crippen LogP contribution is 2.54. The molecule has 2 unspecified atom stereocenters. The molecule has 40 heavy (non-hydrogen) atoms. The lowest BCUT2D eigenvalue weighted by Gasteiger charge is -2.38. The van der Waals surface area contributed by atoms with E-state index in [4.69, 9.17) is 4.74 Å². The third kappa shape index (κ3) is 7.74. The van der Waals surface area contributed by atoms with Crippen LogP contribution in [-0.4, -0.2) is 41.9 Å². The summed E-state index contributed by atoms with van der Waals surface area (Å²) in [5, 5.41) is 0. The predicted octanol–water partition coefficient (Wildman–Crippen LogP) is 8.75. The first-order valence-corrected chi connectivity index (χ1v) is 12.1. The second kappa shape index (κ2) is 11.3. The number of esters is 1. The summed E-state index contributed by atoms with van der Waals surface area (Å²) in [6.07, 6.45) is -21.4. The standard InChI is InChI=1S/C26H33F9O5/c1-9-22(24(27,28)29,18(36)38-20(3,4)5)14-15(2)16-10-12-17(13-11-16)23(25(30,31)32,26(33,34)35)40-19(37)39-21(6,7)8/h10-13,15H,9,14H2,1-8H3. The van der Waals surface area contributed by atoms with E-state index in [1.807, 2.05) is 0 Å². The van der Waals surface area contributed by atoms with Crippen LogP contribution in [0.5, 0.6) is 0 Å². The molecule has 14 heteroatoms. The Kier molecular flexibility index (Phi) is 9.99. The van der Waals surface area contributed by atoms with Gasteiger partial charge in [0.2, 0.25) is 0 Å². The molecule has 0 radical (unpaired) electrons. The lowest BCUT2D eigenvalue weighted by molar-refractivity contribution is -0.377. The van der Waals surface area contributed by atoms with Crippen LogP contribution in [0.1, 0.15) is 85.3 Å². The van der Waals surface area contributed by atoms with Gasteiger partial charge in [0.05, 0.1) is 0 Å². The van der Waals surface area contributed by atoms with E-state index in [0.717, 1.165) is 19.1 Å². The molecule has 1 aromatic carbocycles. The summed E-state index contributed by atoms with van der Waals surface area (Å²) in [5.41, 5.74) is -12.6. The van der Waals surface area contributed by atoms with Gasteiger partial charge in [-0.3, -0.25) is 4.79 Å². The van der Waals surface area contributed by atoms with E-state index in [1.165, 1.54) is 48.5 Å². The van der Waals surface area contributed by atoms with Crippen molar-refractivity contribution in [2.24, 2.45) is 5.41 Å². The van der Waals surface area contributed by atoms with E-state index in [2.05, 4.69) is 9.47 Å². The maximum atomic E-state index is 14.2. The van der Waals surface area contributed by atoms with Crippen molar-refractivity contribution < 1.29 is 63.3 Å². The van der Waals surface area contributed by atoms with Crippen molar-refractivity contribution in [2.45, 2.75) is 109 Å². The zero-order chi connectivity index (χ0) is 31.8. The summed E-state index contributed by atoms with van der Waals surface area (Å²) in [6, 6.07) is 2.20. The van der Waals surface area contributed by atoms with Gasteiger partial charge in [-0.2, -0.15) is 39.5 Å². The Morgan fingerprint density at radius 1 is 0.700 bits per heavy atom. The summed E-state index contributed by atoms with van der Waals surface area (Å²) >= 11 is 0. The minimum absolute atomic E-state index is 0.107. The van der Waals surface area contributed by atoms with Crippen LogP contribution in [0.25, 0.3) is 0 Å². The zero-order valence-corrected chi connectivity index (χ0v) is 23.2. The molecule has 0 heterocycles. The molecule has 0 saturated heterocycles. The smallest absolute Gasteiger partial charge is 0.459 e. The van der Waals surface area contributed by atoms with Crippen LogP contribution in [0.2, 0.25) is 0 Å². The molecule has 0 N–H and O–H groups in total. The van der Waals surface area contributed by atoms with Crippen LogP contribution in [0, 0.1) is 5.41 Å². The number of ether oxygens (including phenoxy) is 3. The first-order chi connectivity index (χ1) is 17.6. The molecular weight excluding hydrogens is 563 g/mol. The molecule has 0 aliphatic carbocycles. The fourth-order valence-electron chi connectivity index (χ4n) is 3.93. The molecule has 1 rings (SSSR count). The zero-order valence-electron chi connectivity index (χ0n) is 23.2. The van der Waals surface area contributed by atoms with Crippen LogP contribution in [0.4, 0.5) is 44.3 Å². The highest BCUT2D eigenvalue weighted by atomic mass is 19.4. The highest BCUT2D eigenvalue weighted by molar-refractivity contribution is 5.78. The second-order valence-electron chi connectivity index (χ2n) is 11.4. The van der Waals surface area contributed by atoms with Gasteiger partial charge in [0.15, 0.2) is 5.41 Å². The van der Waals surface area contributed by atoms with E-state index < -0.39 is 77.2 Å². The summed E-state index contributed by atoms with van der Waals surface area (Å²) in [7, 11) is 0. The van der Waals surface area contributed by atoms with Gasteiger partial charge in [-0.15, -0.1) is 0 Å². The Hall–Kier alpha value is -2.67. The molecule has 2 atom stereocenters. The molecule has 0 fully saturated rings. The SMILES string of the molecule is CCC(CC(C)c1ccc(C(OC(=O)OC(C)(C)C)(C(F)(F)F)C(F)(F)F)cc1)(C(=O)OC(C)(C)C)C(F)(F)F. The Balaban J connectivity index is 3.59. The molecule has 0 aromatic heterocycles. The number of hydrogen-bond acceptors (Lipinski definition) is 5. The average Bonchev–Trinajstić information content (AvgIpc) is 2.70. The van der Waals surface area contributed by atoms with E-state index in [0.29, 0.717) is 12.1 Å². The number of hydrogen-bond donors (Lipinski definition) is 0. The topological polar surface area (TPSA) is 61.8 Å². The van der Waals surface area contributed by atoms with Gasteiger partial charge in [-0.1, -0.05) is 38.1 Å². The van der Waals surface area contributed by atoms with Crippen molar-refractivity contribution >= 4 is 12.1 Å². The van der Waals surface area contributed by atoms with Crippen LogP contribution >= 0.6 is 0 Å². The normalized spacial score (nSPS) is 16.1. The third-order valence-corrected chi connectivity index (χ3v) is 5.90. The van der Waals surface area contributed by atoms with Gasteiger partial charge < -0.3 is 14.2 Å². The van der Waals surface area contributed by atoms with E-state index in [1.54, 1.807) is 0 Å². The summed E-state index contributed by atoms with van der Waals surface area (Å²) in [5.74, 6) is -2.74. The Morgan fingerprint density at radius 2 is 1.12 bits per heavy atom. The minimum Gasteiger partial charge on any atom is -0.459 e. The van der Waals surface area contributed by atoms with Crippen molar-refractivity contribution in [3.05, 3.63) is 35.4 Å². The van der Waals surface area contributed by atoms with Crippen LogP contribution in [0.15, 0.2) is 24.3 Å². The molecule has 0 spiro atoms. The van der Waals surface area contributed by atoms with Crippen molar-refractivity contribution in [2.75, 3.05) is 0 Å². The van der Waals surface area contributed by atoms with E-state index >= 15 is 0 Å². The van der Waals surface area contributed by atoms with Crippen LogP contribution < -0.4 is 0 Å². The van der Waals surface area contributed by atoms with Crippen molar-refractivity contribution in [3.63, 3.8) is 0 Å². The number of rotatable bonds is 7.